The number of hydrogen-bond acceptors (Lipinski definition) is 6. The first-order valence-electron chi connectivity index (χ1n) is 8.43. The zero-order chi connectivity index (χ0) is 19.6. The summed E-state index contributed by atoms with van der Waals surface area (Å²) in [5.74, 6) is -0.782. The van der Waals surface area contributed by atoms with Crippen LogP contribution >= 0.6 is 11.3 Å². The van der Waals surface area contributed by atoms with Crippen molar-refractivity contribution in [3.05, 3.63) is 40.4 Å². The number of thiazole rings is 1. The number of anilines is 1. The Morgan fingerprint density at radius 3 is 2.52 bits per heavy atom. The molecule has 0 radical (unpaired) electrons. The van der Waals surface area contributed by atoms with E-state index in [0.29, 0.717) is 21.3 Å². The van der Waals surface area contributed by atoms with E-state index >= 15 is 0 Å². The Morgan fingerprint density at radius 2 is 1.96 bits per heavy atom. The predicted octanol–water partition coefficient (Wildman–Crippen LogP) is 4.04. The van der Waals surface area contributed by atoms with E-state index in [-0.39, 0.29) is 24.3 Å². The molecule has 1 aromatic heterocycles. The highest BCUT2D eigenvalue weighted by atomic mass is 32.1. The Morgan fingerprint density at radius 1 is 1.30 bits per heavy atom. The van der Waals surface area contributed by atoms with Crippen LogP contribution in [0.1, 0.15) is 45.5 Å². The molecule has 9 heteroatoms. The number of carbonyl (C=O) groups excluding carboxylic acids is 2. The fraction of sp³-hybridized carbons (Fsp3) is 0.389. The highest BCUT2D eigenvalue weighted by Crippen LogP contribution is 2.37. The summed E-state index contributed by atoms with van der Waals surface area (Å²) >= 11 is 1.11. The number of nitrogens with zero attached hydrogens (tertiary/aromatic N) is 2. The maximum atomic E-state index is 13.0. The Hall–Kier alpha value is -2.55. The molecule has 0 unspecified atom stereocenters. The minimum Gasteiger partial charge on any atom is -0.462 e. The first-order chi connectivity index (χ1) is 12.9. The van der Waals surface area contributed by atoms with E-state index in [1.807, 2.05) is 0 Å². The SMILES string of the molecule is CCOC(=O)c1sc(N(C(=O)c2ccc(OC(F)F)cc2)C2CC2)nc1C. The second kappa shape index (κ2) is 7.99. The number of amides is 1. The lowest BCUT2D eigenvalue weighted by molar-refractivity contribution is -0.0498. The van der Waals surface area contributed by atoms with E-state index in [1.165, 1.54) is 24.3 Å². The summed E-state index contributed by atoms with van der Waals surface area (Å²) in [6, 6.07) is 5.52. The van der Waals surface area contributed by atoms with Crippen LogP contribution in [0.5, 0.6) is 5.75 Å². The molecule has 0 aliphatic heterocycles. The van der Waals surface area contributed by atoms with E-state index in [9.17, 15) is 18.4 Å². The molecule has 1 aliphatic carbocycles. The Bertz CT molecular complexity index is 834. The lowest BCUT2D eigenvalue weighted by atomic mass is 10.2. The monoisotopic (exact) mass is 396 g/mol. The highest BCUT2D eigenvalue weighted by Gasteiger charge is 2.37. The molecule has 1 heterocycles. The molecule has 3 rings (SSSR count). The van der Waals surface area contributed by atoms with Crippen molar-refractivity contribution in [3.63, 3.8) is 0 Å². The van der Waals surface area contributed by atoms with Crippen molar-refractivity contribution in [2.45, 2.75) is 39.3 Å². The molecular weight excluding hydrogens is 378 g/mol. The fourth-order valence-electron chi connectivity index (χ4n) is 2.53. The van der Waals surface area contributed by atoms with E-state index in [1.54, 1.807) is 18.7 Å². The normalized spacial score (nSPS) is 13.5. The minimum absolute atomic E-state index is 0.00934. The quantitative estimate of drug-likeness (QED) is 0.661. The van der Waals surface area contributed by atoms with Crippen LogP contribution in [0.15, 0.2) is 24.3 Å². The zero-order valence-electron chi connectivity index (χ0n) is 14.8. The van der Waals surface area contributed by atoms with Gasteiger partial charge in [0.2, 0.25) is 0 Å². The molecule has 0 bridgehead atoms. The summed E-state index contributed by atoms with van der Waals surface area (Å²) < 4.78 is 33.8. The summed E-state index contributed by atoms with van der Waals surface area (Å²) in [5.41, 5.74) is 0.835. The maximum absolute atomic E-state index is 13.0. The van der Waals surface area contributed by atoms with Crippen LogP contribution in [0.25, 0.3) is 0 Å². The van der Waals surface area contributed by atoms with Gasteiger partial charge in [-0.3, -0.25) is 9.69 Å². The Kier molecular flexibility index (Phi) is 5.69. The number of rotatable bonds is 7. The smallest absolute Gasteiger partial charge is 0.387 e. The second-order valence-electron chi connectivity index (χ2n) is 5.94. The molecule has 1 fully saturated rings. The van der Waals surface area contributed by atoms with Gasteiger partial charge in [0.15, 0.2) is 5.13 Å². The molecule has 0 saturated heterocycles. The molecule has 1 saturated carbocycles. The van der Waals surface area contributed by atoms with Crippen molar-refractivity contribution >= 4 is 28.3 Å². The van der Waals surface area contributed by atoms with Crippen LogP contribution in [0, 0.1) is 6.92 Å². The van der Waals surface area contributed by atoms with E-state index in [4.69, 9.17) is 4.74 Å². The molecule has 144 valence electrons. The molecule has 2 aromatic rings. The van der Waals surface area contributed by atoms with E-state index in [2.05, 4.69) is 9.72 Å². The number of benzene rings is 1. The van der Waals surface area contributed by atoms with Crippen LogP contribution in [0.3, 0.4) is 0 Å². The average Bonchev–Trinajstić information content (AvgIpc) is 3.37. The van der Waals surface area contributed by atoms with Crippen LogP contribution < -0.4 is 9.64 Å². The number of hydrogen-bond donors (Lipinski definition) is 0. The molecule has 0 atom stereocenters. The number of ether oxygens (including phenoxy) is 2. The Labute approximate surface area is 158 Å². The third-order valence-electron chi connectivity index (χ3n) is 3.91. The summed E-state index contributed by atoms with van der Waals surface area (Å²) in [6.45, 7) is 0.743. The van der Waals surface area contributed by atoms with Crippen LogP contribution in [-0.2, 0) is 4.74 Å². The third-order valence-corrected chi connectivity index (χ3v) is 5.05. The number of aromatic nitrogens is 1. The van der Waals surface area contributed by atoms with E-state index < -0.39 is 12.6 Å². The summed E-state index contributed by atoms with van der Waals surface area (Å²) in [6.07, 6.45) is 1.68. The number of carbonyl (C=O) groups is 2. The largest absolute Gasteiger partial charge is 0.462 e. The maximum Gasteiger partial charge on any atom is 0.387 e. The molecule has 1 aromatic carbocycles. The predicted molar refractivity (Wildman–Crippen MR) is 95.7 cm³/mol. The van der Waals surface area contributed by atoms with E-state index in [0.717, 1.165) is 24.2 Å². The van der Waals surface area contributed by atoms with Gasteiger partial charge < -0.3 is 9.47 Å². The van der Waals surface area contributed by atoms with Crippen molar-refractivity contribution in [3.8, 4) is 5.75 Å². The highest BCUT2D eigenvalue weighted by molar-refractivity contribution is 7.17. The minimum atomic E-state index is -2.92. The average molecular weight is 396 g/mol. The first-order valence-corrected chi connectivity index (χ1v) is 9.25. The fourth-order valence-corrected chi connectivity index (χ4v) is 3.56. The van der Waals surface area contributed by atoms with Crippen molar-refractivity contribution in [2.24, 2.45) is 0 Å². The van der Waals surface area contributed by atoms with Crippen molar-refractivity contribution in [1.29, 1.82) is 0 Å². The van der Waals surface area contributed by atoms with Crippen molar-refractivity contribution in [1.82, 2.24) is 4.98 Å². The molecule has 0 N–H and O–H groups in total. The van der Waals surface area contributed by atoms with Crippen LogP contribution in [0.2, 0.25) is 0 Å². The number of aryl methyl sites for hydroxylation is 1. The van der Waals surface area contributed by atoms with Gasteiger partial charge in [0.25, 0.3) is 5.91 Å². The standard InChI is InChI=1S/C18H18F2N2O4S/c1-3-25-16(24)14-10(2)21-18(27-14)22(12-6-7-12)15(23)11-4-8-13(9-5-11)26-17(19)20/h4-5,8-9,12,17H,3,6-7H2,1-2H3. The number of esters is 1. The molecule has 6 nitrogen and oxygen atoms in total. The second-order valence-corrected chi connectivity index (χ2v) is 6.92. The lowest BCUT2D eigenvalue weighted by Crippen LogP contribution is -2.33. The lowest BCUT2D eigenvalue weighted by Gasteiger charge is -2.19. The third kappa shape index (κ3) is 4.41. The summed E-state index contributed by atoms with van der Waals surface area (Å²) in [4.78, 5) is 31.3. The van der Waals surface area contributed by atoms with Gasteiger partial charge in [-0.25, -0.2) is 9.78 Å². The van der Waals surface area contributed by atoms with Gasteiger partial charge in [-0.2, -0.15) is 8.78 Å². The van der Waals surface area contributed by atoms with Gasteiger partial charge in [0.1, 0.15) is 10.6 Å². The molecule has 0 spiro atoms. The van der Waals surface area contributed by atoms with Crippen molar-refractivity contribution < 1.29 is 27.8 Å². The van der Waals surface area contributed by atoms with Gasteiger partial charge in [-0.05, 0) is 51.0 Å². The number of alkyl halides is 2. The molecular formula is C18H18F2N2O4S. The van der Waals surface area contributed by atoms with Crippen molar-refractivity contribution in [2.75, 3.05) is 11.5 Å². The molecule has 1 amide bonds. The van der Waals surface area contributed by atoms with Gasteiger partial charge in [-0.15, -0.1) is 0 Å². The van der Waals surface area contributed by atoms with Crippen LogP contribution in [-0.4, -0.2) is 36.1 Å². The van der Waals surface area contributed by atoms with Gasteiger partial charge in [-0.1, -0.05) is 11.3 Å². The molecule has 1 aliphatic rings. The van der Waals surface area contributed by atoms with Gasteiger partial charge in [0.05, 0.1) is 12.3 Å². The van der Waals surface area contributed by atoms with Gasteiger partial charge >= 0.3 is 12.6 Å². The zero-order valence-corrected chi connectivity index (χ0v) is 15.6. The molecule has 27 heavy (non-hydrogen) atoms. The first kappa shape index (κ1) is 19.2. The topological polar surface area (TPSA) is 68.7 Å². The summed E-state index contributed by atoms with van der Waals surface area (Å²) in [5, 5.41) is 0.427. The van der Waals surface area contributed by atoms with Gasteiger partial charge in [0, 0.05) is 11.6 Å². The summed E-state index contributed by atoms with van der Waals surface area (Å²) in [7, 11) is 0. The Balaban J connectivity index is 1.85. The number of halogens is 2. The van der Waals surface area contributed by atoms with Crippen LogP contribution in [0.4, 0.5) is 13.9 Å².